The molecule has 6 amide bonds. The van der Waals surface area contributed by atoms with Gasteiger partial charge < -0.3 is 35.4 Å². The van der Waals surface area contributed by atoms with Gasteiger partial charge in [-0.15, -0.1) is 0 Å². The Morgan fingerprint density at radius 2 is 1.04 bits per heavy atom. The van der Waals surface area contributed by atoms with E-state index in [0.29, 0.717) is 50.3 Å². The fourth-order valence-corrected chi connectivity index (χ4v) is 11.7. The van der Waals surface area contributed by atoms with Crippen LogP contribution in [0, 0.1) is 51.4 Å². The monoisotopic (exact) mass is 981 g/mol. The van der Waals surface area contributed by atoms with Crippen LogP contribution in [-0.4, -0.2) is 118 Å². The van der Waals surface area contributed by atoms with Gasteiger partial charge in [-0.05, 0) is 123 Å². The van der Waals surface area contributed by atoms with E-state index in [1.54, 1.807) is 34.1 Å². The van der Waals surface area contributed by atoms with Gasteiger partial charge in [0.2, 0.25) is 35.4 Å². The van der Waals surface area contributed by atoms with E-state index in [2.05, 4.69) is 50.2 Å². The molecule has 2 aromatic carbocycles. The maximum Gasteiger partial charge on any atom is 0.250 e. The highest BCUT2D eigenvalue weighted by atomic mass is 16.5. The minimum absolute atomic E-state index is 0.0446. The Kier molecular flexibility index (Phi) is 15.9. The molecule has 0 radical (unpaired) electrons. The molecule has 2 aliphatic carbocycles. The zero-order chi connectivity index (χ0) is 51.5. The number of nitrogens with zero attached hydrogens (tertiary/aromatic N) is 5. The lowest BCUT2D eigenvalue weighted by Crippen LogP contribution is -2.68. The summed E-state index contributed by atoms with van der Waals surface area (Å²) in [6.45, 7) is 17.4. The SMILES string of the molecule is CC[C@H](C)[C@@H]1C(=O)N[C@H](C2Cc3ccccc3C2)C(=O)N1[C@@H](C(=O)N1CCOCC1)c1cnc(C)cc1C.CC[C@H](C)[C@@H]1C(=O)N[C@H](C2Cc3ccccc3C2)C(=O)N1[C@@H](C(=O)NC)c1cnc(C)cc1C. The molecule has 9 rings (SSSR count). The number of amides is 6. The van der Waals surface area contributed by atoms with Crippen LogP contribution in [0.15, 0.2) is 73.1 Å². The molecular formula is C57H72N8O7. The number of aromatic nitrogens is 2. The van der Waals surface area contributed by atoms with Crippen LogP contribution >= 0.6 is 0 Å². The van der Waals surface area contributed by atoms with Gasteiger partial charge in [0.15, 0.2) is 0 Å². The normalized spacial score (nSPS) is 23.0. The summed E-state index contributed by atoms with van der Waals surface area (Å²) in [7, 11) is 1.56. The number of carbonyl (C=O) groups excluding carboxylic acids is 6. The Hall–Kier alpha value is -6.48. The first-order valence-corrected chi connectivity index (χ1v) is 25.9. The predicted octanol–water partition coefficient (Wildman–Crippen LogP) is 5.40. The van der Waals surface area contributed by atoms with Crippen LogP contribution in [0.2, 0.25) is 0 Å². The number of morpholine rings is 1. The molecule has 2 aromatic heterocycles. The molecule has 0 spiro atoms. The Balaban J connectivity index is 0.000000194. The van der Waals surface area contributed by atoms with E-state index in [-0.39, 0.29) is 59.1 Å². The van der Waals surface area contributed by atoms with Crippen LogP contribution in [0.4, 0.5) is 0 Å². The number of hydrogen-bond donors (Lipinski definition) is 3. The minimum Gasteiger partial charge on any atom is -0.378 e. The zero-order valence-corrected chi connectivity index (χ0v) is 43.4. The lowest BCUT2D eigenvalue weighted by atomic mass is 9.85. The third-order valence-corrected chi connectivity index (χ3v) is 16.0. The van der Waals surface area contributed by atoms with Crippen LogP contribution in [0.25, 0.3) is 0 Å². The number of hydrogen-bond acceptors (Lipinski definition) is 9. The van der Waals surface area contributed by atoms with Crippen molar-refractivity contribution < 1.29 is 33.5 Å². The number of rotatable bonds is 12. The summed E-state index contributed by atoms with van der Waals surface area (Å²) in [5.41, 5.74) is 9.61. The molecule has 4 aromatic rings. The second-order valence-electron chi connectivity index (χ2n) is 20.7. The third kappa shape index (κ3) is 10.3. The van der Waals surface area contributed by atoms with E-state index < -0.39 is 36.3 Å². The first-order chi connectivity index (χ1) is 34.6. The molecule has 3 fully saturated rings. The molecule has 72 heavy (non-hydrogen) atoms. The summed E-state index contributed by atoms with van der Waals surface area (Å²) >= 11 is 0. The molecule has 5 aliphatic rings. The highest BCUT2D eigenvalue weighted by Crippen LogP contribution is 2.39. The van der Waals surface area contributed by atoms with Crippen LogP contribution in [0.3, 0.4) is 0 Å². The van der Waals surface area contributed by atoms with Gasteiger partial charge in [0.1, 0.15) is 36.3 Å². The van der Waals surface area contributed by atoms with Crippen LogP contribution < -0.4 is 16.0 Å². The van der Waals surface area contributed by atoms with Crippen molar-refractivity contribution in [1.82, 2.24) is 40.6 Å². The van der Waals surface area contributed by atoms with Gasteiger partial charge in [-0.25, -0.2) is 0 Å². The van der Waals surface area contributed by atoms with E-state index in [9.17, 15) is 28.8 Å². The minimum atomic E-state index is -0.929. The summed E-state index contributed by atoms with van der Waals surface area (Å²) in [5.74, 6) is -1.59. The lowest BCUT2D eigenvalue weighted by molar-refractivity contribution is -0.163. The third-order valence-electron chi connectivity index (χ3n) is 16.0. The van der Waals surface area contributed by atoms with Gasteiger partial charge in [-0.3, -0.25) is 38.7 Å². The van der Waals surface area contributed by atoms with Crippen molar-refractivity contribution in [2.45, 2.75) is 130 Å². The lowest BCUT2D eigenvalue weighted by Gasteiger charge is -2.47. The number of carbonyl (C=O) groups is 6. The van der Waals surface area contributed by atoms with E-state index >= 15 is 0 Å². The molecule has 15 nitrogen and oxygen atoms in total. The number of benzene rings is 2. The second kappa shape index (κ2) is 22.1. The van der Waals surface area contributed by atoms with Gasteiger partial charge in [-0.2, -0.15) is 0 Å². The predicted molar refractivity (Wildman–Crippen MR) is 273 cm³/mol. The van der Waals surface area contributed by atoms with E-state index in [1.165, 1.54) is 22.3 Å². The Morgan fingerprint density at radius 1 is 0.653 bits per heavy atom. The van der Waals surface area contributed by atoms with E-state index in [0.717, 1.165) is 48.2 Å². The van der Waals surface area contributed by atoms with Gasteiger partial charge in [0, 0.05) is 55.0 Å². The number of nitrogens with one attached hydrogen (secondary N) is 3. The number of likely N-dealkylation sites (N-methyl/N-ethyl adjacent to an activating group) is 1. The first kappa shape index (κ1) is 51.9. The number of piperazine rings is 2. The Morgan fingerprint density at radius 3 is 1.42 bits per heavy atom. The fourth-order valence-electron chi connectivity index (χ4n) is 11.7. The Labute approximate surface area is 424 Å². The fraction of sp³-hybridized carbons (Fsp3) is 0.509. The molecule has 382 valence electrons. The molecule has 15 heteroatoms. The Bertz CT molecular complexity index is 2650. The van der Waals surface area contributed by atoms with Crippen LogP contribution in [-0.2, 0) is 59.2 Å². The van der Waals surface area contributed by atoms with Gasteiger partial charge >= 0.3 is 0 Å². The summed E-state index contributed by atoms with van der Waals surface area (Å²) in [6.07, 6.45) is 7.68. The maximum absolute atomic E-state index is 14.5. The molecule has 5 heterocycles. The number of aryl methyl sites for hydroxylation is 4. The topological polar surface area (TPSA) is 183 Å². The molecule has 3 saturated heterocycles. The molecule has 3 aliphatic heterocycles. The van der Waals surface area contributed by atoms with Crippen LogP contribution in [0.5, 0.6) is 0 Å². The van der Waals surface area contributed by atoms with Gasteiger partial charge in [-0.1, -0.05) is 89.1 Å². The highest BCUT2D eigenvalue weighted by molar-refractivity contribution is 6.02. The summed E-state index contributed by atoms with van der Waals surface area (Å²) in [5, 5.41) is 8.87. The molecular weight excluding hydrogens is 909 g/mol. The number of fused-ring (bicyclic) bond motifs is 2. The van der Waals surface area contributed by atoms with Gasteiger partial charge in [0.25, 0.3) is 0 Å². The zero-order valence-electron chi connectivity index (χ0n) is 43.4. The average molecular weight is 981 g/mol. The number of ether oxygens (including phenoxy) is 1. The summed E-state index contributed by atoms with van der Waals surface area (Å²) in [6, 6.07) is 15.5. The highest BCUT2D eigenvalue weighted by Gasteiger charge is 2.53. The van der Waals surface area contributed by atoms with E-state index in [1.807, 2.05) is 91.8 Å². The summed E-state index contributed by atoms with van der Waals surface area (Å²) in [4.78, 5) is 97.4. The van der Waals surface area contributed by atoms with Crippen molar-refractivity contribution >= 4 is 35.4 Å². The first-order valence-electron chi connectivity index (χ1n) is 25.9. The van der Waals surface area contributed by atoms with Crippen molar-refractivity contribution in [2.75, 3.05) is 33.4 Å². The smallest absolute Gasteiger partial charge is 0.250 e. The maximum atomic E-state index is 14.5. The molecule has 0 saturated carbocycles. The van der Waals surface area contributed by atoms with Crippen molar-refractivity contribution in [1.29, 1.82) is 0 Å². The molecule has 3 N–H and O–H groups in total. The van der Waals surface area contributed by atoms with E-state index in [4.69, 9.17) is 4.74 Å². The van der Waals surface area contributed by atoms with Gasteiger partial charge in [0.05, 0.1) is 13.2 Å². The van der Waals surface area contributed by atoms with Crippen molar-refractivity contribution in [2.24, 2.45) is 23.7 Å². The molecule has 8 atom stereocenters. The van der Waals surface area contributed by atoms with Crippen molar-refractivity contribution in [3.05, 3.63) is 129 Å². The standard InChI is InChI=1S/C30H38N4O4.C27H34N4O3/c1-5-18(2)26-28(35)32-25(23-15-21-8-6-7-9-22(21)16-23)29(36)34(26)27(24-17-31-20(4)14-19(24)3)30(37)33-10-12-38-13-11-33;1-6-15(2)23-26(33)30-22(20-12-18-9-7-8-10-19(18)13-20)27(34)31(23)24(25(32)28-5)21-14-29-17(4)11-16(21)3/h6-9,14,17-18,23,25-27H,5,10-13,15-16H2,1-4H3,(H,32,35);7-11,14-15,20,22-24H,6,12-13H2,1-5H3,(H,28,32)(H,30,33)/t18-,25+,26+,27+;15-,22+,23+,24+/m00/s1. The molecule has 0 bridgehead atoms. The quantitative estimate of drug-likeness (QED) is 0.168. The number of pyridine rings is 2. The average Bonchev–Trinajstić information content (AvgIpc) is 4.02. The second-order valence-corrected chi connectivity index (χ2v) is 20.7. The largest absolute Gasteiger partial charge is 0.378 e. The van der Waals surface area contributed by atoms with Crippen LogP contribution in [0.1, 0.15) is 109 Å². The molecule has 0 unspecified atom stereocenters. The van der Waals surface area contributed by atoms with Crippen molar-refractivity contribution in [3.63, 3.8) is 0 Å². The summed E-state index contributed by atoms with van der Waals surface area (Å²) < 4.78 is 5.50. The van der Waals surface area contributed by atoms with Crippen molar-refractivity contribution in [3.8, 4) is 0 Å².